The van der Waals surface area contributed by atoms with Crippen molar-refractivity contribution >= 4 is 85.3 Å². The number of anilines is 15. The van der Waals surface area contributed by atoms with E-state index in [-0.39, 0.29) is 0 Å². The van der Waals surface area contributed by atoms with Crippen LogP contribution in [-0.2, 0) is 0 Å². The third kappa shape index (κ3) is 17.0. The van der Waals surface area contributed by atoms with Crippen molar-refractivity contribution in [3.63, 3.8) is 0 Å². The molecule has 10 heterocycles. The molecule has 0 spiro atoms. The second-order valence-electron chi connectivity index (χ2n) is 32.2. The van der Waals surface area contributed by atoms with Gasteiger partial charge in [-0.25, -0.2) is 9.97 Å². The van der Waals surface area contributed by atoms with E-state index in [0.717, 1.165) is 198 Å². The minimum atomic E-state index is 0.398. The molecule has 25 rings (SSSR count). The molecule has 0 N–H and O–H groups in total. The molecule has 0 amide bonds. The lowest BCUT2D eigenvalue weighted by atomic mass is 9.98. The van der Waals surface area contributed by atoms with E-state index in [1.807, 2.05) is 328 Å². The van der Waals surface area contributed by atoms with Crippen molar-refractivity contribution in [1.29, 1.82) is 26.3 Å². The molecule has 660 valence electrons. The van der Waals surface area contributed by atoms with Crippen LogP contribution in [0.3, 0.4) is 0 Å². The first kappa shape index (κ1) is 86.2. The molecule has 0 unspecified atom stereocenters. The van der Waals surface area contributed by atoms with Crippen molar-refractivity contribution < 1.29 is 23.7 Å². The molecule has 5 aliphatic heterocycles. The fraction of sp³-hybridized carbons (Fsp3) is 0. The summed E-state index contributed by atoms with van der Waals surface area (Å²) < 4.78 is 30.6. The zero-order valence-electron chi connectivity index (χ0n) is 74.6. The highest BCUT2D eigenvalue weighted by Crippen LogP contribution is 2.59. The minimum absolute atomic E-state index is 0.398. The zero-order valence-corrected chi connectivity index (χ0v) is 74.6. The van der Waals surface area contributed by atoms with Crippen LogP contribution in [0.1, 0.15) is 28.1 Å². The number of rotatable bonds is 10. The largest absolute Gasteiger partial charge is 0.453 e. The number of ether oxygens (including phenoxy) is 5. The lowest BCUT2D eigenvalue weighted by molar-refractivity contribution is 0.477. The van der Waals surface area contributed by atoms with Crippen molar-refractivity contribution in [1.82, 2.24) is 24.9 Å². The van der Waals surface area contributed by atoms with Gasteiger partial charge in [0, 0.05) is 99.6 Å². The molecule has 0 atom stereocenters. The maximum Gasteiger partial charge on any atom is 0.151 e. The average Bonchev–Trinajstić information content (AvgIpc) is 0.763. The predicted molar refractivity (Wildman–Crippen MR) is 546 cm³/mol. The smallest absolute Gasteiger partial charge is 0.151 e. The van der Waals surface area contributed by atoms with Gasteiger partial charge in [-0.1, -0.05) is 212 Å². The Morgan fingerprint density at radius 1 is 0.179 bits per heavy atom. The number of benzene rings is 15. The van der Waals surface area contributed by atoms with Crippen molar-refractivity contribution in [3.8, 4) is 143 Å². The van der Waals surface area contributed by atoms with Gasteiger partial charge in [-0.15, -0.1) is 0 Å². The van der Waals surface area contributed by atoms with Gasteiger partial charge in [0.15, 0.2) is 57.5 Å². The van der Waals surface area contributed by atoms with E-state index in [0.29, 0.717) is 28.1 Å². The Morgan fingerprint density at radius 3 is 0.814 bits per heavy atom. The van der Waals surface area contributed by atoms with Crippen LogP contribution in [0.5, 0.6) is 57.5 Å². The third-order valence-electron chi connectivity index (χ3n) is 23.9. The summed E-state index contributed by atoms with van der Waals surface area (Å²) in [4.78, 5) is 31.9. The van der Waals surface area contributed by atoms with E-state index < -0.39 is 0 Å². The van der Waals surface area contributed by atoms with E-state index in [9.17, 15) is 21.0 Å². The Hall–Kier alpha value is -20.5. The Balaban J connectivity index is 0.000000104. The van der Waals surface area contributed by atoms with Gasteiger partial charge >= 0.3 is 0 Å². The molecule has 20 aromatic rings. The summed E-state index contributed by atoms with van der Waals surface area (Å²) in [5.41, 5.74) is 26.6. The van der Waals surface area contributed by atoms with Gasteiger partial charge in [0.05, 0.1) is 108 Å². The van der Waals surface area contributed by atoms with E-state index in [2.05, 4.69) is 146 Å². The van der Waals surface area contributed by atoms with Crippen LogP contribution in [0.25, 0.3) is 55.6 Å². The summed E-state index contributed by atoms with van der Waals surface area (Å²) in [6.45, 7) is 0. The molecule has 5 aromatic heterocycles. The van der Waals surface area contributed by atoms with Crippen LogP contribution in [0.2, 0.25) is 0 Å². The van der Waals surface area contributed by atoms with Gasteiger partial charge in [-0.05, 0) is 200 Å². The Morgan fingerprint density at radius 2 is 0.479 bits per heavy atom. The van der Waals surface area contributed by atoms with E-state index >= 15 is 0 Å². The maximum atomic E-state index is 9.59. The number of nitriles is 5. The molecule has 0 fully saturated rings. The van der Waals surface area contributed by atoms with Gasteiger partial charge < -0.3 is 48.2 Å². The summed E-state index contributed by atoms with van der Waals surface area (Å²) in [6, 6.07) is 144. The molecule has 20 heteroatoms. The SMILES string of the molecule is N#Cc1cc(-c2ccccc2N2c3ccccc3Oc3ccccc32)ccn1.N#Cc1ccc(-c2ccccc2N2c3ccccc3Oc3ccccc32)cn1.N#Cc1ccncc1-c1ccccc1N1c2ccccc2Oc2ccccc21.N#Cc1cncc(-c2ccccc2N2c3ccccc3Oc3ccccc32)c1.N#Cc1cnccc1-c1ccccc1N1c2ccccc2Oc2ccccc21. The summed E-state index contributed by atoms with van der Waals surface area (Å²) >= 11 is 0. The number of hydrogen-bond acceptors (Lipinski definition) is 20. The van der Waals surface area contributed by atoms with Crippen LogP contribution >= 0.6 is 0 Å². The van der Waals surface area contributed by atoms with E-state index in [1.165, 1.54) is 0 Å². The molecule has 20 nitrogen and oxygen atoms in total. The Labute approximate surface area is 807 Å². The number of fused-ring (bicyclic) bond motifs is 10. The second-order valence-corrected chi connectivity index (χ2v) is 32.2. The molecule has 0 radical (unpaired) electrons. The quantitative estimate of drug-likeness (QED) is 0.123. The summed E-state index contributed by atoms with van der Waals surface area (Å²) in [6.07, 6.45) is 13.5. The lowest BCUT2D eigenvalue weighted by Crippen LogP contribution is -2.16. The molecule has 15 aromatic carbocycles. The summed E-state index contributed by atoms with van der Waals surface area (Å²) in [7, 11) is 0. The topological polar surface area (TPSA) is 246 Å². The van der Waals surface area contributed by atoms with Crippen molar-refractivity contribution in [2.24, 2.45) is 0 Å². The van der Waals surface area contributed by atoms with Gasteiger partial charge in [0.25, 0.3) is 0 Å². The average molecular weight is 1810 g/mol. The number of hydrogen-bond donors (Lipinski definition) is 0. The highest BCUT2D eigenvalue weighted by atomic mass is 16.5. The van der Waals surface area contributed by atoms with Crippen LogP contribution in [0.15, 0.2) is 456 Å². The molecular weight excluding hydrogens is 1730 g/mol. The van der Waals surface area contributed by atoms with Crippen molar-refractivity contribution in [2.75, 3.05) is 24.5 Å². The van der Waals surface area contributed by atoms with Gasteiger partial charge in [-0.3, -0.25) is 15.0 Å². The van der Waals surface area contributed by atoms with Crippen LogP contribution in [0.4, 0.5) is 85.3 Å². The Kier molecular flexibility index (Phi) is 24.1. The first-order valence-corrected chi connectivity index (χ1v) is 44.8. The van der Waals surface area contributed by atoms with Gasteiger partial charge in [0.2, 0.25) is 0 Å². The molecule has 0 bridgehead atoms. The van der Waals surface area contributed by atoms with Gasteiger partial charge in [0.1, 0.15) is 35.7 Å². The van der Waals surface area contributed by atoms with E-state index in [1.54, 1.807) is 61.7 Å². The van der Waals surface area contributed by atoms with Crippen molar-refractivity contribution in [2.45, 2.75) is 0 Å². The lowest BCUT2D eigenvalue weighted by Gasteiger charge is -2.34. The fourth-order valence-corrected chi connectivity index (χ4v) is 17.7. The fourth-order valence-electron chi connectivity index (χ4n) is 17.7. The summed E-state index contributed by atoms with van der Waals surface area (Å²) in [5.74, 6) is 8.04. The highest BCUT2D eigenvalue weighted by Gasteiger charge is 2.34. The maximum absolute atomic E-state index is 9.59. The second kappa shape index (κ2) is 39.1. The number of para-hydroxylation sites is 25. The molecule has 0 saturated heterocycles. The normalized spacial score (nSPS) is 11.8. The molecular formula is C120H75N15O5. The minimum Gasteiger partial charge on any atom is -0.453 e. The first-order chi connectivity index (χ1) is 69.3. The van der Waals surface area contributed by atoms with Crippen LogP contribution in [-0.4, -0.2) is 24.9 Å². The molecule has 0 aliphatic carbocycles. The monoisotopic (exact) mass is 1810 g/mol. The number of nitrogens with zero attached hydrogens (tertiary/aromatic N) is 15. The summed E-state index contributed by atoms with van der Waals surface area (Å²) in [5, 5.41) is 46.7. The first-order valence-electron chi connectivity index (χ1n) is 44.8. The Bertz CT molecular complexity index is 7750. The zero-order chi connectivity index (χ0) is 94.6. The van der Waals surface area contributed by atoms with Crippen molar-refractivity contribution in [3.05, 3.63) is 484 Å². The molecule has 5 aliphatic rings. The van der Waals surface area contributed by atoms with Crippen LogP contribution < -0.4 is 48.2 Å². The molecule has 0 saturated carbocycles. The standard InChI is InChI=1S/5C24H15N3O/c25-14-17-13-18(16-26-15-17)19-7-1-2-8-20(19)27-21-9-3-5-11-23(21)28-24-12-6-4-10-22(24)27;25-15-17-16-26-14-13-18(17)19-7-1-2-8-20(19)27-21-9-3-5-11-23(21)28-24-12-6-4-10-22(24)27;25-15-18-14-13-17(16-26-18)19-7-1-2-8-20(19)27-21-9-3-5-11-23(21)28-24-12-6-4-10-22(24)27;25-16-18-15-17(13-14-26-18)19-7-1-2-8-20(19)27-21-9-3-5-11-23(21)28-24-12-6-4-10-22(24)27;25-15-17-13-14-26-16-19(17)18-7-1-2-8-20(18)27-21-9-3-5-11-23(21)28-24-12-6-4-10-22(24)27/h1-13,15-16H;2*1-14,16H;1-15H;1-14,16H. The number of pyridine rings is 5. The highest BCUT2D eigenvalue weighted by molar-refractivity contribution is 6.00. The molecule has 140 heavy (non-hydrogen) atoms. The van der Waals surface area contributed by atoms with Gasteiger partial charge in [-0.2, -0.15) is 26.3 Å². The number of aromatic nitrogens is 5. The predicted octanol–water partition coefficient (Wildman–Crippen LogP) is 31.0. The third-order valence-corrected chi connectivity index (χ3v) is 23.9. The van der Waals surface area contributed by atoms with E-state index in [4.69, 9.17) is 28.9 Å². The van der Waals surface area contributed by atoms with Crippen LogP contribution in [0, 0.1) is 56.7 Å².